The molecular formula is C14H24N2O2S2. The summed E-state index contributed by atoms with van der Waals surface area (Å²) >= 11 is 1.73. The van der Waals surface area contributed by atoms with Crippen LogP contribution >= 0.6 is 11.8 Å². The molecule has 0 radical (unpaired) electrons. The minimum atomic E-state index is -3.43. The van der Waals surface area contributed by atoms with Crippen LogP contribution < -0.4 is 10.0 Å². The molecule has 0 saturated carbocycles. The van der Waals surface area contributed by atoms with Crippen molar-refractivity contribution in [3.63, 3.8) is 0 Å². The summed E-state index contributed by atoms with van der Waals surface area (Å²) in [6.45, 7) is 5.89. The van der Waals surface area contributed by atoms with Gasteiger partial charge in [0.05, 0.1) is 4.90 Å². The predicted molar refractivity (Wildman–Crippen MR) is 86.6 cm³/mol. The number of hydrogen-bond donors (Lipinski definition) is 2. The third-order valence-electron chi connectivity index (χ3n) is 2.90. The molecule has 6 heteroatoms. The SMILES string of the molecule is CCNCc1ccccc1S(=O)(=O)NCC(C)CSC. The van der Waals surface area contributed by atoms with Crippen molar-refractivity contribution in [2.24, 2.45) is 5.92 Å². The van der Waals surface area contributed by atoms with Crippen LogP contribution in [0.4, 0.5) is 0 Å². The quantitative estimate of drug-likeness (QED) is 0.732. The lowest BCUT2D eigenvalue weighted by Gasteiger charge is -2.14. The highest BCUT2D eigenvalue weighted by Gasteiger charge is 2.18. The Hall–Kier alpha value is -0.560. The minimum absolute atomic E-state index is 0.320. The lowest BCUT2D eigenvalue weighted by atomic mass is 10.2. The summed E-state index contributed by atoms with van der Waals surface area (Å²) in [6.07, 6.45) is 2.02. The molecule has 1 rings (SSSR count). The van der Waals surface area contributed by atoms with Gasteiger partial charge in [0.2, 0.25) is 10.0 Å². The van der Waals surface area contributed by atoms with E-state index >= 15 is 0 Å². The Morgan fingerprint density at radius 3 is 2.65 bits per heavy atom. The maximum Gasteiger partial charge on any atom is 0.240 e. The summed E-state index contributed by atoms with van der Waals surface area (Å²) in [4.78, 5) is 0.373. The largest absolute Gasteiger partial charge is 0.313 e. The van der Waals surface area contributed by atoms with Crippen molar-refractivity contribution in [3.8, 4) is 0 Å². The molecule has 0 aromatic heterocycles. The molecule has 114 valence electrons. The molecule has 0 amide bonds. The zero-order chi connectivity index (χ0) is 15.0. The first-order valence-corrected chi connectivity index (χ1v) is 9.66. The second kappa shape index (κ2) is 8.67. The maximum atomic E-state index is 12.4. The second-order valence-corrected chi connectivity index (χ2v) is 7.45. The first-order chi connectivity index (χ1) is 9.51. The van der Waals surface area contributed by atoms with E-state index in [-0.39, 0.29) is 0 Å². The zero-order valence-electron chi connectivity index (χ0n) is 12.3. The molecule has 0 bridgehead atoms. The van der Waals surface area contributed by atoms with Crippen LogP contribution in [0.3, 0.4) is 0 Å². The van der Waals surface area contributed by atoms with Gasteiger partial charge in [-0.25, -0.2) is 13.1 Å². The number of benzene rings is 1. The average Bonchev–Trinajstić information content (AvgIpc) is 2.44. The first kappa shape index (κ1) is 17.5. The van der Waals surface area contributed by atoms with Crippen molar-refractivity contribution in [2.45, 2.75) is 25.3 Å². The van der Waals surface area contributed by atoms with Crippen LogP contribution in [0.1, 0.15) is 19.4 Å². The van der Waals surface area contributed by atoms with Crippen LogP contribution in [0.5, 0.6) is 0 Å². The first-order valence-electron chi connectivity index (χ1n) is 6.78. The second-order valence-electron chi connectivity index (χ2n) is 4.80. The van der Waals surface area contributed by atoms with Crippen molar-refractivity contribution in [2.75, 3.05) is 25.1 Å². The van der Waals surface area contributed by atoms with E-state index in [0.29, 0.717) is 23.9 Å². The Kier molecular flexibility index (Phi) is 7.58. The topological polar surface area (TPSA) is 58.2 Å². The van der Waals surface area contributed by atoms with Crippen molar-refractivity contribution in [3.05, 3.63) is 29.8 Å². The van der Waals surface area contributed by atoms with E-state index in [9.17, 15) is 8.42 Å². The number of nitrogens with one attached hydrogen (secondary N) is 2. The molecule has 2 N–H and O–H groups in total. The molecule has 1 aromatic carbocycles. The Labute approximate surface area is 126 Å². The summed E-state index contributed by atoms with van der Waals surface area (Å²) in [5.41, 5.74) is 0.805. The number of sulfonamides is 1. The normalized spacial score (nSPS) is 13.3. The minimum Gasteiger partial charge on any atom is -0.313 e. The molecular weight excluding hydrogens is 292 g/mol. The van der Waals surface area contributed by atoms with Gasteiger partial charge in [-0.3, -0.25) is 0 Å². The Morgan fingerprint density at radius 1 is 1.30 bits per heavy atom. The lowest BCUT2D eigenvalue weighted by Crippen LogP contribution is -2.30. The van der Waals surface area contributed by atoms with E-state index in [4.69, 9.17) is 0 Å². The molecule has 4 nitrogen and oxygen atoms in total. The lowest BCUT2D eigenvalue weighted by molar-refractivity contribution is 0.560. The molecule has 0 aliphatic carbocycles. The average molecular weight is 316 g/mol. The van der Waals surface area contributed by atoms with Gasteiger partial charge in [-0.2, -0.15) is 11.8 Å². The molecule has 0 heterocycles. The van der Waals surface area contributed by atoms with Crippen LogP contribution in [0.15, 0.2) is 29.2 Å². The Bertz CT molecular complexity index is 504. The highest BCUT2D eigenvalue weighted by molar-refractivity contribution is 7.98. The zero-order valence-corrected chi connectivity index (χ0v) is 14.0. The third kappa shape index (κ3) is 5.44. The van der Waals surface area contributed by atoms with Crippen LogP contribution in [-0.2, 0) is 16.6 Å². The molecule has 20 heavy (non-hydrogen) atoms. The highest BCUT2D eigenvalue weighted by atomic mass is 32.2. The smallest absolute Gasteiger partial charge is 0.240 e. The molecule has 1 unspecified atom stereocenters. The Balaban J connectivity index is 2.81. The van der Waals surface area contributed by atoms with E-state index in [1.165, 1.54) is 0 Å². The fourth-order valence-electron chi connectivity index (χ4n) is 1.84. The van der Waals surface area contributed by atoms with Gasteiger partial charge in [0, 0.05) is 13.1 Å². The molecule has 0 spiro atoms. The summed E-state index contributed by atoms with van der Waals surface area (Å²) < 4.78 is 27.5. The van der Waals surface area contributed by atoms with Gasteiger partial charge < -0.3 is 5.32 Å². The van der Waals surface area contributed by atoms with E-state index < -0.39 is 10.0 Å². The van der Waals surface area contributed by atoms with E-state index in [1.807, 2.05) is 32.2 Å². The van der Waals surface area contributed by atoms with Crippen molar-refractivity contribution in [1.82, 2.24) is 10.0 Å². The molecule has 0 aliphatic rings. The van der Waals surface area contributed by atoms with Crippen LogP contribution in [0.25, 0.3) is 0 Å². The van der Waals surface area contributed by atoms with Crippen LogP contribution in [0.2, 0.25) is 0 Å². The van der Waals surface area contributed by atoms with Gasteiger partial charge in [-0.05, 0) is 36.1 Å². The van der Waals surface area contributed by atoms with E-state index in [1.54, 1.807) is 23.9 Å². The highest BCUT2D eigenvalue weighted by Crippen LogP contribution is 2.15. The third-order valence-corrected chi connectivity index (χ3v) is 5.33. The molecule has 0 aliphatic heterocycles. The molecule has 0 fully saturated rings. The monoisotopic (exact) mass is 316 g/mol. The van der Waals surface area contributed by atoms with Gasteiger partial charge in [-0.1, -0.05) is 32.0 Å². The summed E-state index contributed by atoms with van der Waals surface area (Å²) in [5, 5.41) is 3.17. The van der Waals surface area contributed by atoms with Gasteiger partial charge >= 0.3 is 0 Å². The standard InChI is InChI=1S/C14H24N2O2S2/c1-4-15-10-13-7-5-6-8-14(13)20(17,18)16-9-12(2)11-19-3/h5-8,12,15-16H,4,9-11H2,1-3H3. The van der Waals surface area contributed by atoms with Gasteiger partial charge in [0.25, 0.3) is 0 Å². The summed E-state index contributed by atoms with van der Waals surface area (Å²) in [6, 6.07) is 7.13. The van der Waals surface area contributed by atoms with Gasteiger partial charge in [0.1, 0.15) is 0 Å². The molecule has 1 aromatic rings. The van der Waals surface area contributed by atoms with E-state index in [0.717, 1.165) is 17.9 Å². The summed E-state index contributed by atoms with van der Waals surface area (Å²) in [7, 11) is -3.43. The number of thioether (sulfide) groups is 1. The fourth-order valence-corrected chi connectivity index (χ4v) is 3.93. The summed E-state index contributed by atoms with van der Waals surface area (Å²) in [5.74, 6) is 1.27. The van der Waals surface area contributed by atoms with Gasteiger partial charge in [0.15, 0.2) is 0 Å². The molecule has 0 saturated heterocycles. The van der Waals surface area contributed by atoms with Crippen molar-refractivity contribution in [1.29, 1.82) is 0 Å². The predicted octanol–water partition coefficient (Wildman–Crippen LogP) is 2.07. The van der Waals surface area contributed by atoms with Gasteiger partial charge in [-0.15, -0.1) is 0 Å². The molecule has 1 atom stereocenters. The fraction of sp³-hybridized carbons (Fsp3) is 0.571. The van der Waals surface area contributed by atoms with Crippen molar-refractivity contribution >= 4 is 21.8 Å². The van der Waals surface area contributed by atoms with Crippen LogP contribution in [0, 0.1) is 5.92 Å². The number of rotatable bonds is 9. The van der Waals surface area contributed by atoms with E-state index in [2.05, 4.69) is 10.0 Å². The van der Waals surface area contributed by atoms with Crippen molar-refractivity contribution < 1.29 is 8.42 Å². The van der Waals surface area contributed by atoms with Crippen LogP contribution in [-0.4, -0.2) is 33.5 Å². The number of hydrogen-bond acceptors (Lipinski definition) is 4. The maximum absolute atomic E-state index is 12.4. The Morgan fingerprint density at radius 2 is 2.00 bits per heavy atom.